The summed E-state index contributed by atoms with van der Waals surface area (Å²) in [4.78, 5) is 2.68. The van der Waals surface area contributed by atoms with E-state index in [4.69, 9.17) is 0 Å². The molecule has 0 amide bonds. The minimum Gasteiger partial charge on any atom is -0.371 e. The van der Waals surface area contributed by atoms with Crippen molar-refractivity contribution < 1.29 is 0 Å². The van der Waals surface area contributed by atoms with Crippen molar-refractivity contribution >= 4 is 5.69 Å². The third-order valence-corrected chi connectivity index (χ3v) is 5.44. The Kier molecular flexibility index (Phi) is 5.18. The highest BCUT2D eigenvalue weighted by Crippen LogP contribution is 2.30. The van der Waals surface area contributed by atoms with Gasteiger partial charge in [0.25, 0.3) is 0 Å². The van der Waals surface area contributed by atoms with Crippen molar-refractivity contribution in [2.75, 3.05) is 25.0 Å². The molecule has 0 spiro atoms. The Hall–Kier alpha value is -1.02. The number of hydrogen-bond donors (Lipinski definition) is 1. The SMILES string of the molecule is CNC1CCCCCC1CN1CCCCc2ccccc21. The Bertz CT molecular complexity index is 443. The van der Waals surface area contributed by atoms with Crippen molar-refractivity contribution in [1.29, 1.82) is 0 Å². The normalized spacial score (nSPS) is 26.8. The number of aryl methyl sites for hydroxylation is 1. The number of rotatable bonds is 3. The second-order valence-corrected chi connectivity index (χ2v) is 6.83. The summed E-state index contributed by atoms with van der Waals surface area (Å²) >= 11 is 0. The molecule has 3 rings (SSSR count). The van der Waals surface area contributed by atoms with Crippen molar-refractivity contribution in [3.05, 3.63) is 29.8 Å². The topological polar surface area (TPSA) is 15.3 Å². The van der Waals surface area contributed by atoms with E-state index in [-0.39, 0.29) is 0 Å². The Morgan fingerprint density at radius 1 is 1.05 bits per heavy atom. The van der Waals surface area contributed by atoms with Gasteiger partial charge in [0.05, 0.1) is 0 Å². The van der Waals surface area contributed by atoms with E-state index in [2.05, 4.69) is 41.5 Å². The predicted octanol–water partition coefficient (Wildman–Crippen LogP) is 4.00. The van der Waals surface area contributed by atoms with Gasteiger partial charge in [-0.1, -0.05) is 37.5 Å². The summed E-state index contributed by atoms with van der Waals surface area (Å²) in [6, 6.07) is 9.79. The maximum Gasteiger partial charge on any atom is 0.0398 e. The number of hydrogen-bond acceptors (Lipinski definition) is 2. The summed E-state index contributed by atoms with van der Waals surface area (Å²) in [6.07, 6.45) is 10.9. The Morgan fingerprint density at radius 3 is 2.81 bits per heavy atom. The van der Waals surface area contributed by atoms with Crippen LogP contribution in [-0.2, 0) is 6.42 Å². The van der Waals surface area contributed by atoms with Crippen molar-refractivity contribution in [2.45, 2.75) is 57.4 Å². The van der Waals surface area contributed by atoms with Gasteiger partial charge in [0, 0.05) is 24.8 Å². The molecule has 1 N–H and O–H groups in total. The minimum absolute atomic E-state index is 0.711. The van der Waals surface area contributed by atoms with E-state index < -0.39 is 0 Å². The third kappa shape index (κ3) is 3.60. The quantitative estimate of drug-likeness (QED) is 0.845. The van der Waals surface area contributed by atoms with Crippen LogP contribution in [0.1, 0.15) is 50.5 Å². The van der Waals surface area contributed by atoms with Crippen LogP contribution in [0.3, 0.4) is 0 Å². The first kappa shape index (κ1) is 14.9. The van der Waals surface area contributed by atoms with Gasteiger partial charge in [-0.05, 0) is 56.7 Å². The Balaban J connectivity index is 1.76. The molecule has 21 heavy (non-hydrogen) atoms. The van der Waals surface area contributed by atoms with Crippen LogP contribution in [0.25, 0.3) is 0 Å². The minimum atomic E-state index is 0.711. The van der Waals surface area contributed by atoms with Gasteiger partial charge in [-0.25, -0.2) is 0 Å². The number of nitrogens with zero attached hydrogens (tertiary/aromatic N) is 1. The van der Waals surface area contributed by atoms with Crippen LogP contribution in [0.4, 0.5) is 5.69 Å². The summed E-state index contributed by atoms with van der Waals surface area (Å²) in [7, 11) is 2.15. The van der Waals surface area contributed by atoms with Crippen molar-refractivity contribution in [1.82, 2.24) is 5.32 Å². The maximum atomic E-state index is 3.60. The molecular formula is C19H30N2. The average molecular weight is 286 g/mol. The zero-order valence-corrected chi connectivity index (χ0v) is 13.5. The monoisotopic (exact) mass is 286 g/mol. The fraction of sp³-hybridized carbons (Fsp3) is 0.684. The molecular weight excluding hydrogens is 256 g/mol. The molecule has 2 aliphatic rings. The van der Waals surface area contributed by atoms with Crippen molar-refractivity contribution in [3.8, 4) is 0 Å². The van der Waals surface area contributed by atoms with Gasteiger partial charge < -0.3 is 10.2 Å². The number of anilines is 1. The van der Waals surface area contributed by atoms with Gasteiger partial charge in [0.2, 0.25) is 0 Å². The van der Waals surface area contributed by atoms with Crippen LogP contribution in [0.15, 0.2) is 24.3 Å². The second-order valence-electron chi connectivity index (χ2n) is 6.83. The third-order valence-electron chi connectivity index (χ3n) is 5.44. The van der Waals surface area contributed by atoms with Crippen LogP contribution in [0.5, 0.6) is 0 Å². The largest absolute Gasteiger partial charge is 0.371 e. The smallest absolute Gasteiger partial charge is 0.0398 e. The summed E-state index contributed by atoms with van der Waals surface area (Å²) in [5.74, 6) is 0.809. The molecule has 2 nitrogen and oxygen atoms in total. The molecule has 1 aromatic rings. The lowest BCUT2D eigenvalue weighted by Gasteiger charge is -2.33. The highest BCUT2D eigenvalue weighted by Gasteiger charge is 2.25. The zero-order valence-electron chi connectivity index (χ0n) is 13.5. The molecule has 1 aromatic carbocycles. The van der Waals surface area contributed by atoms with E-state index in [1.165, 1.54) is 70.1 Å². The van der Waals surface area contributed by atoms with Gasteiger partial charge in [0.15, 0.2) is 0 Å². The van der Waals surface area contributed by atoms with Gasteiger partial charge in [-0.2, -0.15) is 0 Å². The first-order valence-electron chi connectivity index (χ1n) is 8.88. The number of para-hydroxylation sites is 1. The lowest BCUT2D eigenvalue weighted by Crippen LogP contribution is -2.41. The van der Waals surface area contributed by atoms with Crippen LogP contribution in [0.2, 0.25) is 0 Å². The molecule has 1 aliphatic heterocycles. The number of fused-ring (bicyclic) bond motifs is 1. The first-order valence-corrected chi connectivity index (χ1v) is 8.88. The molecule has 1 aliphatic carbocycles. The van der Waals surface area contributed by atoms with Gasteiger partial charge >= 0.3 is 0 Å². The molecule has 0 saturated heterocycles. The highest BCUT2D eigenvalue weighted by atomic mass is 15.1. The molecule has 2 heteroatoms. The summed E-state index contributed by atoms with van der Waals surface area (Å²) < 4.78 is 0. The van der Waals surface area contributed by atoms with Crippen molar-refractivity contribution in [2.24, 2.45) is 5.92 Å². The number of nitrogens with one attached hydrogen (secondary N) is 1. The summed E-state index contributed by atoms with van der Waals surface area (Å²) in [5.41, 5.74) is 3.07. The van der Waals surface area contributed by atoms with E-state index in [9.17, 15) is 0 Å². The Labute approximate surface area is 129 Å². The lowest BCUT2D eigenvalue weighted by atomic mass is 9.93. The van der Waals surface area contributed by atoms with Gasteiger partial charge in [-0.3, -0.25) is 0 Å². The van der Waals surface area contributed by atoms with Crippen molar-refractivity contribution in [3.63, 3.8) is 0 Å². The fourth-order valence-corrected chi connectivity index (χ4v) is 4.23. The maximum absolute atomic E-state index is 3.60. The molecule has 0 bridgehead atoms. The predicted molar refractivity (Wildman–Crippen MR) is 91.0 cm³/mol. The van der Waals surface area contributed by atoms with Crippen LogP contribution < -0.4 is 10.2 Å². The average Bonchev–Trinajstić information content (AvgIpc) is 2.86. The lowest BCUT2D eigenvalue weighted by molar-refractivity contribution is 0.351. The van der Waals surface area contributed by atoms with Crippen LogP contribution in [0, 0.1) is 5.92 Å². The van der Waals surface area contributed by atoms with Crippen LogP contribution in [-0.4, -0.2) is 26.2 Å². The van der Waals surface area contributed by atoms with Crippen LogP contribution >= 0.6 is 0 Å². The summed E-state index contributed by atoms with van der Waals surface area (Å²) in [6.45, 7) is 2.48. The highest BCUT2D eigenvalue weighted by molar-refractivity contribution is 5.54. The van der Waals surface area contributed by atoms with Gasteiger partial charge in [-0.15, -0.1) is 0 Å². The molecule has 116 valence electrons. The standard InChI is InChI=1S/C19H30N2/c1-20-18-12-4-2-3-11-17(18)15-21-14-8-7-10-16-9-5-6-13-19(16)21/h5-6,9,13,17-18,20H,2-4,7-8,10-12,14-15H2,1H3. The molecule has 1 heterocycles. The molecule has 0 aromatic heterocycles. The van der Waals surface area contributed by atoms with E-state index in [0.717, 1.165) is 5.92 Å². The van der Waals surface area contributed by atoms with E-state index >= 15 is 0 Å². The zero-order chi connectivity index (χ0) is 14.5. The molecule has 0 radical (unpaired) electrons. The van der Waals surface area contributed by atoms with E-state index in [1.807, 2.05) is 0 Å². The molecule has 1 saturated carbocycles. The molecule has 1 fully saturated rings. The van der Waals surface area contributed by atoms with Gasteiger partial charge in [0.1, 0.15) is 0 Å². The van der Waals surface area contributed by atoms with E-state index in [0.29, 0.717) is 6.04 Å². The van der Waals surface area contributed by atoms with E-state index in [1.54, 1.807) is 5.56 Å². The first-order chi connectivity index (χ1) is 10.4. The molecule has 2 atom stereocenters. The number of benzene rings is 1. The second kappa shape index (κ2) is 7.31. The fourth-order valence-electron chi connectivity index (χ4n) is 4.23. The molecule has 2 unspecified atom stereocenters. The Morgan fingerprint density at radius 2 is 1.90 bits per heavy atom. The summed E-state index contributed by atoms with van der Waals surface area (Å²) in [5, 5.41) is 3.60.